The second-order valence-corrected chi connectivity index (χ2v) is 8.47. The van der Waals surface area contributed by atoms with Gasteiger partial charge in [-0.15, -0.1) is 0 Å². The van der Waals surface area contributed by atoms with E-state index in [1.807, 2.05) is 6.07 Å². The molecular formula is C23H23N3O4S. The lowest BCUT2D eigenvalue weighted by atomic mass is 10.1. The van der Waals surface area contributed by atoms with Crippen LogP contribution in [0.2, 0.25) is 0 Å². The second kappa shape index (κ2) is 9.44. The van der Waals surface area contributed by atoms with Gasteiger partial charge in [0.05, 0.1) is 21.8 Å². The average molecular weight is 438 g/mol. The maximum absolute atomic E-state index is 13.2. The average Bonchev–Trinajstić information content (AvgIpc) is 2.80. The van der Waals surface area contributed by atoms with Crippen molar-refractivity contribution < 1.29 is 18.0 Å². The van der Waals surface area contributed by atoms with Crippen LogP contribution in [-0.4, -0.2) is 33.8 Å². The summed E-state index contributed by atoms with van der Waals surface area (Å²) in [6.07, 6.45) is 0. The number of nitrogens with zero attached hydrogens (tertiary/aromatic N) is 1. The molecule has 3 aromatic carbocycles. The molecule has 31 heavy (non-hydrogen) atoms. The predicted molar refractivity (Wildman–Crippen MR) is 121 cm³/mol. The molecule has 0 aliphatic heterocycles. The molecule has 3 aromatic rings. The van der Waals surface area contributed by atoms with E-state index in [0.29, 0.717) is 16.9 Å². The van der Waals surface area contributed by atoms with Crippen LogP contribution in [0.1, 0.15) is 27.6 Å². The van der Waals surface area contributed by atoms with Gasteiger partial charge in [0.15, 0.2) is 0 Å². The normalized spacial score (nSPS) is 10.9. The molecule has 0 aliphatic rings. The first-order valence-electron chi connectivity index (χ1n) is 9.68. The van der Waals surface area contributed by atoms with Crippen LogP contribution >= 0.6 is 0 Å². The van der Waals surface area contributed by atoms with Crippen LogP contribution in [0.15, 0.2) is 83.8 Å². The fraction of sp³-hybridized carbons (Fsp3) is 0.130. The zero-order chi connectivity index (χ0) is 22.4. The lowest BCUT2D eigenvalue weighted by molar-refractivity contribution is 0.0964. The summed E-state index contributed by atoms with van der Waals surface area (Å²) < 4.78 is 27.7. The second-order valence-electron chi connectivity index (χ2n) is 6.61. The summed E-state index contributed by atoms with van der Waals surface area (Å²) in [5, 5.41) is 5.21. The predicted octanol–water partition coefficient (Wildman–Crippen LogP) is 3.51. The highest BCUT2D eigenvalue weighted by Gasteiger charge is 2.24. The van der Waals surface area contributed by atoms with Crippen LogP contribution in [0.4, 0.5) is 11.4 Å². The van der Waals surface area contributed by atoms with E-state index < -0.39 is 15.9 Å². The number of benzene rings is 3. The van der Waals surface area contributed by atoms with E-state index in [1.54, 1.807) is 55.5 Å². The Morgan fingerprint density at radius 2 is 1.55 bits per heavy atom. The number of nitrogens with one attached hydrogen (secondary N) is 2. The topological polar surface area (TPSA) is 95.6 Å². The number of amides is 2. The van der Waals surface area contributed by atoms with Crippen molar-refractivity contribution in [2.24, 2.45) is 0 Å². The molecule has 0 radical (unpaired) electrons. The van der Waals surface area contributed by atoms with Crippen molar-refractivity contribution in [1.29, 1.82) is 0 Å². The Balaban J connectivity index is 1.91. The van der Waals surface area contributed by atoms with E-state index >= 15 is 0 Å². The Labute approximate surface area is 181 Å². The molecule has 0 atom stereocenters. The van der Waals surface area contributed by atoms with Crippen molar-refractivity contribution in [3.63, 3.8) is 0 Å². The van der Waals surface area contributed by atoms with Crippen molar-refractivity contribution in [1.82, 2.24) is 5.32 Å². The van der Waals surface area contributed by atoms with Gasteiger partial charge in [0.1, 0.15) is 0 Å². The Morgan fingerprint density at radius 3 is 2.23 bits per heavy atom. The molecule has 0 unspecified atom stereocenters. The number of rotatable bonds is 7. The van der Waals surface area contributed by atoms with Gasteiger partial charge in [-0.1, -0.05) is 36.4 Å². The molecule has 2 N–H and O–H groups in total. The van der Waals surface area contributed by atoms with Gasteiger partial charge < -0.3 is 10.6 Å². The van der Waals surface area contributed by atoms with Gasteiger partial charge in [0.25, 0.3) is 21.8 Å². The third kappa shape index (κ3) is 4.75. The van der Waals surface area contributed by atoms with Gasteiger partial charge in [-0.2, -0.15) is 0 Å². The van der Waals surface area contributed by atoms with Gasteiger partial charge in [0.2, 0.25) is 0 Å². The largest absolute Gasteiger partial charge is 0.355 e. The minimum absolute atomic E-state index is 0.00504. The van der Waals surface area contributed by atoms with Crippen molar-refractivity contribution >= 4 is 33.2 Å². The molecule has 3 rings (SSSR count). The molecule has 0 bridgehead atoms. The standard InChI is InChI=1S/C23H23N3O4S/c1-3-26(18-11-5-4-6-12-18)31(29,30)19-13-9-10-17(16-19)22(27)25-21-15-8-7-14-20(21)23(28)24-2/h4-16H,3H2,1-2H3,(H,24,28)(H,25,27). The third-order valence-electron chi connectivity index (χ3n) is 4.66. The number of anilines is 2. The quantitative estimate of drug-likeness (QED) is 0.591. The minimum atomic E-state index is -3.87. The lowest BCUT2D eigenvalue weighted by Gasteiger charge is -2.23. The highest BCUT2D eigenvalue weighted by atomic mass is 32.2. The maximum atomic E-state index is 13.2. The molecule has 160 valence electrons. The number of carbonyl (C=O) groups is 2. The summed E-state index contributed by atoms with van der Waals surface area (Å²) in [7, 11) is -2.37. The van der Waals surface area contributed by atoms with E-state index in [1.165, 1.54) is 35.6 Å². The van der Waals surface area contributed by atoms with E-state index in [0.717, 1.165) is 0 Å². The number of hydrogen-bond acceptors (Lipinski definition) is 4. The third-order valence-corrected chi connectivity index (χ3v) is 6.56. The molecular weight excluding hydrogens is 414 g/mol. The van der Waals surface area contributed by atoms with Crippen molar-refractivity contribution in [3.05, 3.63) is 90.0 Å². The van der Waals surface area contributed by atoms with Crippen molar-refractivity contribution in [3.8, 4) is 0 Å². The zero-order valence-corrected chi connectivity index (χ0v) is 18.0. The Hall–Kier alpha value is -3.65. The van der Waals surface area contributed by atoms with Crippen LogP contribution < -0.4 is 14.9 Å². The van der Waals surface area contributed by atoms with Gasteiger partial charge in [-0.3, -0.25) is 13.9 Å². The van der Waals surface area contributed by atoms with E-state index in [9.17, 15) is 18.0 Å². The molecule has 0 saturated carbocycles. The Bertz CT molecular complexity index is 1190. The van der Waals surface area contributed by atoms with Crippen LogP contribution in [-0.2, 0) is 10.0 Å². The fourth-order valence-electron chi connectivity index (χ4n) is 3.13. The van der Waals surface area contributed by atoms with Gasteiger partial charge >= 0.3 is 0 Å². The van der Waals surface area contributed by atoms with Crippen molar-refractivity contribution in [2.45, 2.75) is 11.8 Å². The maximum Gasteiger partial charge on any atom is 0.264 e. The monoisotopic (exact) mass is 437 g/mol. The van der Waals surface area contributed by atoms with Gasteiger partial charge in [0, 0.05) is 19.2 Å². The summed E-state index contributed by atoms with van der Waals surface area (Å²) in [6.45, 7) is 1.99. The summed E-state index contributed by atoms with van der Waals surface area (Å²) >= 11 is 0. The molecule has 7 nitrogen and oxygen atoms in total. The molecule has 8 heteroatoms. The van der Waals surface area contributed by atoms with E-state index in [4.69, 9.17) is 0 Å². The van der Waals surface area contributed by atoms with Crippen LogP contribution in [0.25, 0.3) is 0 Å². The summed E-state index contributed by atoms with van der Waals surface area (Å²) in [5.41, 5.74) is 1.35. The highest BCUT2D eigenvalue weighted by molar-refractivity contribution is 7.92. The Morgan fingerprint density at radius 1 is 0.871 bits per heavy atom. The summed E-state index contributed by atoms with van der Waals surface area (Å²) in [6, 6.07) is 21.2. The van der Waals surface area contributed by atoms with Gasteiger partial charge in [-0.25, -0.2) is 8.42 Å². The zero-order valence-electron chi connectivity index (χ0n) is 17.2. The SMILES string of the molecule is CCN(c1ccccc1)S(=O)(=O)c1cccc(C(=O)Nc2ccccc2C(=O)NC)c1. The van der Waals surface area contributed by atoms with Crippen LogP contribution in [0.5, 0.6) is 0 Å². The number of hydrogen-bond donors (Lipinski definition) is 2. The van der Waals surface area contributed by atoms with E-state index in [2.05, 4.69) is 10.6 Å². The number of sulfonamides is 1. The fourth-order valence-corrected chi connectivity index (χ4v) is 4.65. The molecule has 0 fully saturated rings. The Kier molecular flexibility index (Phi) is 6.71. The minimum Gasteiger partial charge on any atom is -0.355 e. The van der Waals surface area contributed by atoms with Crippen LogP contribution in [0, 0.1) is 0 Å². The van der Waals surface area contributed by atoms with E-state index in [-0.39, 0.29) is 22.9 Å². The molecule has 2 amide bonds. The summed E-state index contributed by atoms with van der Waals surface area (Å²) in [4.78, 5) is 24.9. The first-order chi connectivity index (χ1) is 14.9. The molecule has 0 aromatic heterocycles. The lowest BCUT2D eigenvalue weighted by Crippen LogP contribution is -2.31. The first-order valence-corrected chi connectivity index (χ1v) is 11.1. The molecule has 0 aliphatic carbocycles. The highest BCUT2D eigenvalue weighted by Crippen LogP contribution is 2.24. The number of carbonyl (C=O) groups excluding carboxylic acids is 2. The smallest absolute Gasteiger partial charge is 0.264 e. The summed E-state index contributed by atoms with van der Waals surface area (Å²) in [5.74, 6) is -0.857. The van der Waals surface area contributed by atoms with Crippen molar-refractivity contribution in [2.75, 3.05) is 23.2 Å². The molecule has 0 spiro atoms. The van der Waals surface area contributed by atoms with Gasteiger partial charge in [-0.05, 0) is 49.4 Å². The number of para-hydroxylation sites is 2. The van der Waals surface area contributed by atoms with Crippen LogP contribution in [0.3, 0.4) is 0 Å². The molecule has 0 saturated heterocycles. The molecule has 0 heterocycles. The first kappa shape index (κ1) is 22.0.